The summed E-state index contributed by atoms with van der Waals surface area (Å²) in [5.74, 6) is -0.222. The zero-order valence-corrected chi connectivity index (χ0v) is 11.8. The SMILES string of the molecule is CN(CCCc1ccccc1)Cc1ccc(N)cc1F. The third kappa shape index (κ3) is 4.35. The highest BCUT2D eigenvalue weighted by Crippen LogP contribution is 2.14. The van der Waals surface area contributed by atoms with Gasteiger partial charge in [0.05, 0.1) is 0 Å². The molecule has 0 heterocycles. The van der Waals surface area contributed by atoms with E-state index in [9.17, 15) is 4.39 Å². The minimum absolute atomic E-state index is 0.222. The first-order valence-electron chi connectivity index (χ1n) is 6.91. The fraction of sp³-hybridized carbons (Fsp3) is 0.294. The Labute approximate surface area is 120 Å². The maximum atomic E-state index is 13.7. The van der Waals surface area contributed by atoms with Crippen molar-refractivity contribution in [3.05, 3.63) is 65.5 Å². The van der Waals surface area contributed by atoms with E-state index in [0.29, 0.717) is 17.8 Å². The first-order valence-corrected chi connectivity index (χ1v) is 6.91. The molecule has 0 unspecified atom stereocenters. The number of nitrogens with zero attached hydrogens (tertiary/aromatic N) is 1. The fourth-order valence-electron chi connectivity index (χ4n) is 2.26. The third-order valence-corrected chi connectivity index (χ3v) is 3.37. The molecule has 0 atom stereocenters. The van der Waals surface area contributed by atoms with Crippen LogP contribution < -0.4 is 5.73 Å². The molecule has 2 rings (SSSR count). The molecule has 2 N–H and O–H groups in total. The molecule has 2 aromatic rings. The van der Waals surface area contributed by atoms with Gasteiger partial charge in [-0.25, -0.2) is 4.39 Å². The first kappa shape index (κ1) is 14.5. The van der Waals surface area contributed by atoms with Crippen molar-refractivity contribution in [3.8, 4) is 0 Å². The van der Waals surface area contributed by atoms with Gasteiger partial charge in [0.2, 0.25) is 0 Å². The number of aryl methyl sites for hydroxylation is 1. The summed E-state index contributed by atoms with van der Waals surface area (Å²) in [6.07, 6.45) is 2.12. The molecule has 20 heavy (non-hydrogen) atoms. The van der Waals surface area contributed by atoms with Crippen LogP contribution in [0.3, 0.4) is 0 Å². The lowest BCUT2D eigenvalue weighted by atomic mass is 10.1. The number of hydrogen-bond donors (Lipinski definition) is 1. The van der Waals surface area contributed by atoms with Crippen LogP contribution in [-0.2, 0) is 13.0 Å². The van der Waals surface area contributed by atoms with E-state index in [1.54, 1.807) is 12.1 Å². The van der Waals surface area contributed by atoms with Crippen LogP contribution in [0.5, 0.6) is 0 Å². The van der Waals surface area contributed by atoms with Gasteiger partial charge in [0, 0.05) is 17.8 Å². The molecular formula is C17H21FN2. The van der Waals surface area contributed by atoms with Gasteiger partial charge in [-0.05, 0) is 44.1 Å². The topological polar surface area (TPSA) is 29.3 Å². The van der Waals surface area contributed by atoms with Crippen molar-refractivity contribution in [3.63, 3.8) is 0 Å². The molecule has 0 saturated carbocycles. The number of rotatable bonds is 6. The smallest absolute Gasteiger partial charge is 0.129 e. The summed E-state index contributed by atoms with van der Waals surface area (Å²) >= 11 is 0. The Bertz CT molecular complexity index is 540. The van der Waals surface area contributed by atoms with E-state index in [1.165, 1.54) is 11.6 Å². The van der Waals surface area contributed by atoms with Gasteiger partial charge in [-0.1, -0.05) is 36.4 Å². The van der Waals surface area contributed by atoms with Crippen molar-refractivity contribution in [1.82, 2.24) is 4.90 Å². The summed E-state index contributed by atoms with van der Waals surface area (Å²) in [5.41, 5.74) is 8.06. The Morgan fingerprint density at radius 1 is 1.10 bits per heavy atom. The van der Waals surface area contributed by atoms with Crippen LogP contribution in [0.25, 0.3) is 0 Å². The van der Waals surface area contributed by atoms with Gasteiger partial charge in [0.15, 0.2) is 0 Å². The highest BCUT2D eigenvalue weighted by molar-refractivity contribution is 5.40. The molecule has 106 valence electrons. The number of anilines is 1. The molecular weight excluding hydrogens is 251 g/mol. The van der Waals surface area contributed by atoms with Gasteiger partial charge in [-0.3, -0.25) is 0 Å². The summed E-state index contributed by atoms with van der Waals surface area (Å²) in [4.78, 5) is 2.14. The number of benzene rings is 2. The molecule has 0 spiro atoms. The second-order valence-corrected chi connectivity index (χ2v) is 5.18. The van der Waals surface area contributed by atoms with Gasteiger partial charge in [0.25, 0.3) is 0 Å². The van der Waals surface area contributed by atoms with Crippen molar-refractivity contribution in [1.29, 1.82) is 0 Å². The van der Waals surface area contributed by atoms with E-state index in [0.717, 1.165) is 19.4 Å². The molecule has 0 saturated heterocycles. The molecule has 0 bridgehead atoms. The lowest BCUT2D eigenvalue weighted by Gasteiger charge is -2.17. The summed E-state index contributed by atoms with van der Waals surface area (Å²) in [6.45, 7) is 1.56. The lowest BCUT2D eigenvalue weighted by Crippen LogP contribution is -2.20. The predicted molar refractivity (Wildman–Crippen MR) is 81.9 cm³/mol. The minimum atomic E-state index is -0.222. The number of hydrogen-bond acceptors (Lipinski definition) is 2. The second-order valence-electron chi connectivity index (χ2n) is 5.18. The molecule has 2 aromatic carbocycles. The summed E-state index contributed by atoms with van der Waals surface area (Å²) in [7, 11) is 2.01. The predicted octanol–water partition coefficient (Wildman–Crippen LogP) is 3.47. The fourth-order valence-corrected chi connectivity index (χ4v) is 2.26. The van der Waals surface area contributed by atoms with Crippen LogP contribution in [-0.4, -0.2) is 18.5 Å². The highest BCUT2D eigenvalue weighted by Gasteiger charge is 2.06. The zero-order chi connectivity index (χ0) is 14.4. The average Bonchev–Trinajstić information content (AvgIpc) is 2.43. The summed E-state index contributed by atoms with van der Waals surface area (Å²) in [5, 5.41) is 0. The second kappa shape index (κ2) is 7.06. The van der Waals surface area contributed by atoms with Gasteiger partial charge in [0.1, 0.15) is 5.82 Å². The molecule has 2 nitrogen and oxygen atoms in total. The van der Waals surface area contributed by atoms with Crippen molar-refractivity contribution in [2.75, 3.05) is 19.3 Å². The van der Waals surface area contributed by atoms with Crippen molar-refractivity contribution in [2.24, 2.45) is 0 Å². The van der Waals surface area contributed by atoms with Crippen LogP contribution in [0, 0.1) is 5.82 Å². The standard InChI is InChI=1S/C17H21FN2/c1-20(11-5-8-14-6-3-2-4-7-14)13-15-9-10-16(19)12-17(15)18/h2-4,6-7,9-10,12H,5,8,11,13,19H2,1H3. The Morgan fingerprint density at radius 3 is 2.55 bits per heavy atom. The molecule has 0 aliphatic heterocycles. The monoisotopic (exact) mass is 272 g/mol. The van der Waals surface area contributed by atoms with E-state index in [-0.39, 0.29) is 5.82 Å². The van der Waals surface area contributed by atoms with Gasteiger partial charge < -0.3 is 10.6 Å². The Balaban J connectivity index is 1.79. The van der Waals surface area contributed by atoms with E-state index >= 15 is 0 Å². The molecule has 0 amide bonds. The number of halogens is 1. The maximum absolute atomic E-state index is 13.7. The summed E-state index contributed by atoms with van der Waals surface area (Å²) < 4.78 is 13.7. The largest absolute Gasteiger partial charge is 0.399 e. The molecule has 0 aliphatic carbocycles. The van der Waals surface area contributed by atoms with Gasteiger partial charge in [-0.15, -0.1) is 0 Å². The Kier molecular flexibility index (Phi) is 5.13. The quantitative estimate of drug-likeness (QED) is 0.816. The number of nitrogen functional groups attached to an aromatic ring is 1. The van der Waals surface area contributed by atoms with Crippen LogP contribution >= 0.6 is 0 Å². The van der Waals surface area contributed by atoms with Crippen LogP contribution in [0.15, 0.2) is 48.5 Å². The average molecular weight is 272 g/mol. The van der Waals surface area contributed by atoms with Gasteiger partial charge in [-0.2, -0.15) is 0 Å². The van der Waals surface area contributed by atoms with Crippen molar-refractivity contribution >= 4 is 5.69 Å². The number of nitrogens with two attached hydrogens (primary N) is 1. The van der Waals surface area contributed by atoms with Crippen LogP contribution in [0.2, 0.25) is 0 Å². The van der Waals surface area contributed by atoms with E-state index in [4.69, 9.17) is 5.73 Å². The Morgan fingerprint density at radius 2 is 1.85 bits per heavy atom. The molecule has 0 aliphatic rings. The minimum Gasteiger partial charge on any atom is -0.399 e. The highest BCUT2D eigenvalue weighted by atomic mass is 19.1. The maximum Gasteiger partial charge on any atom is 0.129 e. The van der Waals surface area contributed by atoms with E-state index in [2.05, 4.69) is 29.2 Å². The zero-order valence-electron chi connectivity index (χ0n) is 11.8. The third-order valence-electron chi connectivity index (χ3n) is 3.37. The first-order chi connectivity index (χ1) is 9.65. The van der Waals surface area contributed by atoms with Crippen molar-refractivity contribution in [2.45, 2.75) is 19.4 Å². The van der Waals surface area contributed by atoms with Crippen LogP contribution in [0.1, 0.15) is 17.5 Å². The summed E-state index contributed by atoms with van der Waals surface area (Å²) in [6, 6.07) is 15.3. The molecule has 0 aromatic heterocycles. The normalized spacial score (nSPS) is 10.9. The van der Waals surface area contributed by atoms with Gasteiger partial charge >= 0.3 is 0 Å². The molecule has 0 radical (unpaired) electrons. The lowest BCUT2D eigenvalue weighted by molar-refractivity contribution is 0.317. The van der Waals surface area contributed by atoms with Crippen molar-refractivity contribution < 1.29 is 4.39 Å². The van der Waals surface area contributed by atoms with E-state index < -0.39 is 0 Å². The Hall–Kier alpha value is -1.87. The molecule has 3 heteroatoms. The molecule has 0 fully saturated rings. The van der Waals surface area contributed by atoms with Crippen LogP contribution in [0.4, 0.5) is 10.1 Å². The van der Waals surface area contributed by atoms with E-state index in [1.807, 2.05) is 13.1 Å².